The molecule has 0 aromatic carbocycles. The van der Waals surface area contributed by atoms with Crippen LogP contribution in [0.1, 0.15) is 13.8 Å². The largest absolute Gasteiger partial charge is 0.416 e. The van der Waals surface area contributed by atoms with E-state index in [1.54, 1.807) is 0 Å². The molecule has 0 radical (unpaired) electrons. The molecule has 0 aromatic heterocycles. The first kappa shape index (κ1) is 12.5. The highest BCUT2D eigenvalue weighted by Crippen LogP contribution is 2.46. The van der Waals surface area contributed by atoms with Crippen molar-refractivity contribution in [3.05, 3.63) is 22.2 Å². The highest BCUT2D eigenvalue weighted by molar-refractivity contribution is 14.1. The second-order valence-corrected chi connectivity index (χ2v) is 5.93. The van der Waals surface area contributed by atoms with Gasteiger partial charge in [0.2, 0.25) is 0 Å². The smallest absolute Gasteiger partial charge is 0.166 e. The summed E-state index contributed by atoms with van der Waals surface area (Å²) in [5.74, 6) is 0. The van der Waals surface area contributed by atoms with Crippen LogP contribution in [-0.4, -0.2) is 10.1 Å². The molecule has 1 unspecified atom stereocenters. The van der Waals surface area contributed by atoms with E-state index >= 15 is 0 Å². The quantitative estimate of drug-likeness (QED) is 0.425. The first-order chi connectivity index (χ1) is 6.15. The molecule has 0 N–H and O–H groups in total. The number of hydrogen-bond acceptors (Lipinski definition) is 0. The van der Waals surface area contributed by atoms with Crippen LogP contribution < -0.4 is 0 Å². The van der Waals surface area contributed by atoms with Gasteiger partial charge in [-0.2, -0.15) is 13.2 Å². The van der Waals surface area contributed by atoms with Crippen LogP contribution in [0, 0.1) is 5.41 Å². The summed E-state index contributed by atoms with van der Waals surface area (Å²) in [5.41, 5.74) is -0.835. The summed E-state index contributed by atoms with van der Waals surface area (Å²) < 4.78 is 37.6. The van der Waals surface area contributed by atoms with Crippen molar-refractivity contribution in [2.24, 2.45) is 5.41 Å². The molecule has 0 fully saturated rings. The zero-order valence-electron chi connectivity index (χ0n) is 7.62. The van der Waals surface area contributed by atoms with E-state index in [1.807, 2.05) is 36.4 Å². The van der Waals surface area contributed by atoms with Crippen LogP contribution in [0.2, 0.25) is 0 Å². The topological polar surface area (TPSA) is 0 Å². The van der Waals surface area contributed by atoms with Crippen LogP contribution in [0.5, 0.6) is 0 Å². The van der Waals surface area contributed by atoms with E-state index in [4.69, 9.17) is 0 Å². The van der Waals surface area contributed by atoms with Gasteiger partial charge in [-0.05, 0) is 6.08 Å². The fraction of sp³-hybridized carbons (Fsp3) is 0.556. The van der Waals surface area contributed by atoms with Gasteiger partial charge in [-0.15, -0.1) is 0 Å². The minimum absolute atomic E-state index is 0.156. The molecule has 80 valence electrons. The Hall–Kier alpha value is 0.480. The molecule has 0 saturated carbocycles. The van der Waals surface area contributed by atoms with E-state index in [9.17, 15) is 13.2 Å². The predicted molar refractivity (Wildman–Crippen MR) is 62.7 cm³/mol. The number of alkyl halides is 4. The van der Waals surface area contributed by atoms with Crippen LogP contribution in [0.25, 0.3) is 0 Å². The maximum absolute atomic E-state index is 12.4. The van der Waals surface area contributed by atoms with Gasteiger partial charge in [0.25, 0.3) is 0 Å². The molecular formula is C9H9BrF3I. The van der Waals surface area contributed by atoms with Gasteiger partial charge >= 0.3 is 6.18 Å². The van der Waals surface area contributed by atoms with Gasteiger partial charge in [-0.1, -0.05) is 58.4 Å². The zero-order valence-corrected chi connectivity index (χ0v) is 11.4. The highest BCUT2D eigenvalue weighted by atomic mass is 127. The van der Waals surface area contributed by atoms with Gasteiger partial charge in [-0.3, -0.25) is 0 Å². The van der Waals surface area contributed by atoms with Crippen LogP contribution in [0.3, 0.4) is 0 Å². The molecule has 5 heteroatoms. The van der Waals surface area contributed by atoms with Gasteiger partial charge in [0.05, 0.1) is 5.57 Å². The van der Waals surface area contributed by atoms with Crippen molar-refractivity contribution in [3.8, 4) is 0 Å². The van der Waals surface area contributed by atoms with Crippen molar-refractivity contribution >= 4 is 38.5 Å². The Kier molecular flexibility index (Phi) is 3.41. The summed E-state index contributed by atoms with van der Waals surface area (Å²) in [5, 5.41) is 0. The molecular weight excluding hydrogens is 372 g/mol. The summed E-state index contributed by atoms with van der Waals surface area (Å²) in [6.45, 7) is 3.82. The van der Waals surface area contributed by atoms with Gasteiger partial charge in [-0.25, -0.2) is 0 Å². The summed E-state index contributed by atoms with van der Waals surface area (Å²) in [7, 11) is 0. The highest BCUT2D eigenvalue weighted by Gasteiger charge is 2.40. The SMILES string of the molecule is CC1(C)C(Br)=CC(C(F)(F)F)=CC1I. The third-order valence-corrected chi connectivity index (χ3v) is 5.41. The minimum Gasteiger partial charge on any atom is -0.166 e. The van der Waals surface area contributed by atoms with Gasteiger partial charge in [0.1, 0.15) is 0 Å². The fourth-order valence-corrected chi connectivity index (χ4v) is 2.69. The van der Waals surface area contributed by atoms with Crippen LogP contribution in [-0.2, 0) is 0 Å². The van der Waals surface area contributed by atoms with Crippen molar-refractivity contribution in [1.82, 2.24) is 0 Å². The average molecular weight is 381 g/mol. The molecule has 14 heavy (non-hydrogen) atoms. The molecule has 0 nitrogen and oxygen atoms in total. The van der Waals surface area contributed by atoms with Gasteiger partial charge < -0.3 is 0 Å². The molecule has 1 atom stereocenters. The van der Waals surface area contributed by atoms with E-state index in [1.165, 1.54) is 6.08 Å². The zero-order chi connectivity index (χ0) is 11.1. The summed E-state index contributed by atoms with van der Waals surface area (Å²) in [6.07, 6.45) is -1.82. The van der Waals surface area contributed by atoms with Crippen LogP contribution in [0.4, 0.5) is 13.2 Å². The third kappa shape index (κ3) is 2.35. The molecule has 0 saturated heterocycles. The Morgan fingerprint density at radius 1 is 1.43 bits per heavy atom. The van der Waals surface area contributed by atoms with E-state index in [-0.39, 0.29) is 9.34 Å². The maximum atomic E-state index is 12.4. The van der Waals surface area contributed by atoms with Gasteiger partial charge in [0, 0.05) is 13.8 Å². The lowest BCUT2D eigenvalue weighted by Gasteiger charge is -2.32. The lowest BCUT2D eigenvalue weighted by molar-refractivity contribution is -0.0888. The predicted octanol–water partition coefficient (Wildman–Crippen LogP) is 4.60. The van der Waals surface area contributed by atoms with E-state index in [0.29, 0.717) is 4.48 Å². The molecule has 0 heterocycles. The van der Waals surface area contributed by atoms with E-state index in [0.717, 1.165) is 6.08 Å². The maximum Gasteiger partial charge on any atom is 0.416 e. The van der Waals surface area contributed by atoms with Crippen LogP contribution >= 0.6 is 38.5 Å². The van der Waals surface area contributed by atoms with E-state index < -0.39 is 11.7 Å². The first-order valence-electron chi connectivity index (χ1n) is 3.96. The van der Waals surface area contributed by atoms with E-state index in [2.05, 4.69) is 15.9 Å². The standard InChI is InChI=1S/C9H9BrF3I/c1-8(2)6(10)3-5(4-7(8)14)9(11,12)13/h3-4,7H,1-2H3. The van der Waals surface area contributed by atoms with Crippen molar-refractivity contribution in [1.29, 1.82) is 0 Å². The minimum atomic E-state index is -4.25. The molecule has 1 rings (SSSR count). The van der Waals surface area contributed by atoms with Crippen molar-refractivity contribution in [3.63, 3.8) is 0 Å². The summed E-state index contributed by atoms with van der Waals surface area (Å²) >= 11 is 5.22. The Morgan fingerprint density at radius 3 is 2.29 bits per heavy atom. The molecule has 0 amide bonds. The Balaban J connectivity index is 3.09. The Labute approximate surface area is 103 Å². The van der Waals surface area contributed by atoms with Crippen LogP contribution in [0.15, 0.2) is 22.2 Å². The average Bonchev–Trinajstić information content (AvgIpc) is 1.98. The second-order valence-electron chi connectivity index (χ2n) is 3.74. The third-order valence-electron chi connectivity index (χ3n) is 2.24. The van der Waals surface area contributed by atoms with Crippen molar-refractivity contribution in [2.75, 3.05) is 0 Å². The number of halogens is 5. The first-order valence-corrected chi connectivity index (χ1v) is 6.00. The van der Waals surface area contributed by atoms with Gasteiger partial charge in [0.15, 0.2) is 0 Å². The monoisotopic (exact) mass is 380 g/mol. The molecule has 0 bridgehead atoms. The summed E-state index contributed by atoms with van der Waals surface area (Å²) in [4.78, 5) is 0. The van der Waals surface area contributed by atoms with Crippen molar-refractivity contribution < 1.29 is 13.2 Å². The molecule has 0 aliphatic heterocycles. The second kappa shape index (κ2) is 3.81. The molecule has 1 aliphatic carbocycles. The normalized spacial score (nSPS) is 26.9. The lowest BCUT2D eigenvalue weighted by Crippen LogP contribution is -2.28. The molecule has 1 aliphatic rings. The Morgan fingerprint density at radius 2 is 1.93 bits per heavy atom. The Bertz CT molecular complexity index is 302. The van der Waals surface area contributed by atoms with Crippen molar-refractivity contribution in [2.45, 2.75) is 23.9 Å². The molecule has 0 aromatic rings. The number of allylic oxidation sites excluding steroid dienone is 4. The number of rotatable bonds is 0. The lowest BCUT2D eigenvalue weighted by atomic mass is 9.84. The molecule has 0 spiro atoms. The fourth-order valence-electron chi connectivity index (χ4n) is 1.04. The summed E-state index contributed by atoms with van der Waals surface area (Å²) in [6, 6.07) is 0. The number of hydrogen-bond donors (Lipinski definition) is 0.